The molecule has 0 bridgehead atoms. The third-order valence-corrected chi connectivity index (χ3v) is 5.60. The molecule has 1 aromatic rings. The molecule has 0 heterocycles. The lowest BCUT2D eigenvalue weighted by Crippen LogP contribution is -2.44. The number of nitrogens with zero attached hydrogens (tertiary/aromatic N) is 1. The van der Waals surface area contributed by atoms with Gasteiger partial charge in [-0.25, -0.2) is 13.1 Å². The van der Waals surface area contributed by atoms with Gasteiger partial charge in [0, 0.05) is 25.2 Å². The summed E-state index contributed by atoms with van der Waals surface area (Å²) in [4.78, 5) is 4.49. The van der Waals surface area contributed by atoms with Gasteiger partial charge in [0.2, 0.25) is 10.0 Å². The molecule has 0 fully saturated rings. The zero-order valence-electron chi connectivity index (χ0n) is 16.8. The van der Waals surface area contributed by atoms with Crippen molar-refractivity contribution in [3.8, 4) is 0 Å². The highest BCUT2D eigenvalue weighted by molar-refractivity contribution is 14.0. The average molecular weight is 496 g/mol. The summed E-state index contributed by atoms with van der Waals surface area (Å²) in [7, 11) is -1.89. The largest absolute Gasteiger partial charge is 0.354 e. The Labute approximate surface area is 175 Å². The van der Waals surface area contributed by atoms with Crippen LogP contribution in [0.5, 0.6) is 0 Å². The fourth-order valence-electron chi connectivity index (χ4n) is 2.13. The molecule has 0 aliphatic rings. The van der Waals surface area contributed by atoms with Gasteiger partial charge in [-0.15, -0.1) is 24.0 Å². The number of hydrogen-bond donors (Lipinski definition) is 3. The van der Waals surface area contributed by atoms with E-state index in [9.17, 15) is 8.42 Å². The van der Waals surface area contributed by atoms with Crippen LogP contribution in [-0.4, -0.2) is 33.0 Å². The van der Waals surface area contributed by atoms with Crippen LogP contribution in [0.2, 0.25) is 0 Å². The summed E-state index contributed by atoms with van der Waals surface area (Å²) >= 11 is 0. The lowest BCUT2D eigenvalue weighted by Gasteiger charge is -2.23. The standard InChI is InChI=1S/C18H32N4O2S.HI/c1-13(2)14(3)21-17(19-7)20-12-15-10-8-9-11-16(15)25(23,24)22-18(4,5)6;/h8-11,13-14,22H,12H2,1-7H3,(H2,19,20,21);1H. The van der Waals surface area contributed by atoms with Gasteiger partial charge in [0.05, 0.1) is 4.90 Å². The predicted molar refractivity (Wildman–Crippen MR) is 120 cm³/mol. The number of halogens is 1. The number of hydrogen-bond acceptors (Lipinski definition) is 3. The molecule has 6 nitrogen and oxygen atoms in total. The summed E-state index contributed by atoms with van der Waals surface area (Å²) in [5.41, 5.74) is 0.156. The second-order valence-corrected chi connectivity index (χ2v) is 9.22. The Morgan fingerprint density at radius 1 is 1.15 bits per heavy atom. The third-order valence-electron chi connectivity index (χ3n) is 3.74. The smallest absolute Gasteiger partial charge is 0.241 e. The molecule has 3 N–H and O–H groups in total. The summed E-state index contributed by atoms with van der Waals surface area (Å²) in [6, 6.07) is 7.25. The highest BCUT2D eigenvalue weighted by Crippen LogP contribution is 2.17. The Kier molecular flexibility index (Phi) is 10.1. The van der Waals surface area contributed by atoms with Crippen molar-refractivity contribution in [2.24, 2.45) is 10.9 Å². The van der Waals surface area contributed by atoms with Gasteiger partial charge in [-0.3, -0.25) is 4.99 Å². The third kappa shape index (κ3) is 8.22. The number of aliphatic imine (C=N–C) groups is 1. The van der Waals surface area contributed by atoms with Crippen molar-refractivity contribution in [1.29, 1.82) is 0 Å². The van der Waals surface area contributed by atoms with E-state index >= 15 is 0 Å². The molecule has 0 amide bonds. The van der Waals surface area contributed by atoms with Crippen molar-refractivity contribution in [2.45, 2.75) is 64.6 Å². The molecule has 0 aromatic heterocycles. The van der Waals surface area contributed by atoms with E-state index in [1.54, 1.807) is 19.2 Å². The van der Waals surface area contributed by atoms with E-state index in [0.717, 1.165) is 0 Å². The molecule has 1 unspecified atom stereocenters. The average Bonchev–Trinajstić information content (AvgIpc) is 2.48. The molecule has 0 radical (unpaired) electrons. The number of benzene rings is 1. The van der Waals surface area contributed by atoms with Crippen LogP contribution in [-0.2, 0) is 16.6 Å². The zero-order chi connectivity index (χ0) is 19.3. The zero-order valence-corrected chi connectivity index (χ0v) is 19.9. The predicted octanol–water partition coefficient (Wildman–Crippen LogP) is 3.09. The number of guanidine groups is 1. The second kappa shape index (κ2) is 10.5. The van der Waals surface area contributed by atoms with E-state index in [4.69, 9.17) is 0 Å². The summed E-state index contributed by atoms with van der Waals surface area (Å²) in [6.45, 7) is 12.2. The molecular weight excluding hydrogens is 463 g/mol. The number of sulfonamides is 1. The minimum Gasteiger partial charge on any atom is -0.354 e. The van der Waals surface area contributed by atoms with Crippen molar-refractivity contribution in [3.05, 3.63) is 29.8 Å². The Hall–Kier alpha value is -0.870. The number of rotatable bonds is 6. The van der Waals surface area contributed by atoms with Gasteiger partial charge in [0.25, 0.3) is 0 Å². The van der Waals surface area contributed by atoms with Crippen molar-refractivity contribution >= 4 is 40.0 Å². The molecule has 0 saturated heterocycles. The van der Waals surface area contributed by atoms with E-state index < -0.39 is 15.6 Å². The minimum absolute atomic E-state index is 0. The van der Waals surface area contributed by atoms with Crippen LogP contribution in [0.25, 0.3) is 0 Å². The first-order chi connectivity index (χ1) is 11.5. The van der Waals surface area contributed by atoms with Crippen LogP contribution in [0, 0.1) is 5.92 Å². The molecule has 0 aliphatic heterocycles. The van der Waals surface area contributed by atoms with Crippen molar-refractivity contribution in [1.82, 2.24) is 15.4 Å². The fourth-order valence-corrected chi connectivity index (χ4v) is 3.79. The van der Waals surface area contributed by atoms with E-state index in [1.165, 1.54) is 0 Å². The lowest BCUT2D eigenvalue weighted by atomic mass is 10.1. The Balaban J connectivity index is 0.00000625. The number of nitrogens with one attached hydrogen (secondary N) is 3. The fraction of sp³-hybridized carbons (Fsp3) is 0.611. The molecule has 0 aliphatic carbocycles. The minimum atomic E-state index is -3.59. The van der Waals surface area contributed by atoms with Crippen molar-refractivity contribution in [3.63, 3.8) is 0 Å². The van der Waals surface area contributed by atoms with Crippen LogP contribution in [0.3, 0.4) is 0 Å². The second-order valence-electron chi connectivity index (χ2n) is 7.57. The summed E-state index contributed by atoms with van der Waals surface area (Å²) in [6.07, 6.45) is 0. The monoisotopic (exact) mass is 496 g/mol. The molecule has 1 aromatic carbocycles. The summed E-state index contributed by atoms with van der Waals surface area (Å²) in [5, 5.41) is 6.50. The van der Waals surface area contributed by atoms with Gasteiger partial charge in [-0.1, -0.05) is 32.0 Å². The van der Waals surface area contributed by atoms with Gasteiger partial charge in [0.15, 0.2) is 5.96 Å². The quantitative estimate of drug-likeness (QED) is 0.321. The molecule has 0 spiro atoms. The maximum absolute atomic E-state index is 12.7. The van der Waals surface area contributed by atoms with Crippen LogP contribution < -0.4 is 15.4 Å². The lowest BCUT2D eigenvalue weighted by molar-refractivity contribution is 0.480. The Morgan fingerprint density at radius 3 is 2.23 bits per heavy atom. The Morgan fingerprint density at radius 2 is 1.73 bits per heavy atom. The van der Waals surface area contributed by atoms with Crippen molar-refractivity contribution < 1.29 is 8.42 Å². The SMILES string of the molecule is CN=C(NCc1ccccc1S(=O)(=O)NC(C)(C)C)NC(C)C(C)C.I. The summed E-state index contributed by atoms with van der Waals surface area (Å²) < 4.78 is 28.0. The first-order valence-corrected chi connectivity index (χ1v) is 10.0. The van der Waals surface area contributed by atoms with Crippen LogP contribution in [0.15, 0.2) is 34.2 Å². The molecule has 150 valence electrons. The first-order valence-electron chi connectivity index (χ1n) is 8.55. The van der Waals surface area contributed by atoms with Crippen molar-refractivity contribution in [2.75, 3.05) is 7.05 Å². The molecule has 1 rings (SSSR count). The van der Waals surface area contributed by atoms with E-state index in [0.29, 0.717) is 24.0 Å². The maximum Gasteiger partial charge on any atom is 0.241 e. The topological polar surface area (TPSA) is 82.6 Å². The van der Waals surface area contributed by atoms with E-state index in [-0.39, 0.29) is 34.9 Å². The first kappa shape index (κ1) is 25.1. The highest BCUT2D eigenvalue weighted by atomic mass is 127. The molecular formula is C18H33IN4O2S. The van der Waals surface area contributed by atoms with E-state index in [2.05, 4.69) is 41.1 Å². The highest BCUT2D eigenvalue weighted by Gasteiger charge is 2.24. The summed E-state index contributed by atoms with van der Waals surface area (Å²) in [5.74, 6) is 1.11. The molecule has 0 saturated carbocycles. The van der Waals surface area contributed by atoms with Gasteiger partial charge in [0.1, 0.15) is 0 Å². The van der Waals surface area contributed by atoms with Gasteiger partial charge < -0.3 is 10.6 Å². The van der Waals surface area contributed by atoms with E-state index in [1.807, 2.05) is 32.9 Å². The van der Waals surface area contributed by atoms with Crippen LogP contribution in [0.1, 0.15) is 47.1 Å². The molecule has 26 heavy (non-hydrogen) atoms. The van der Waals surface area contributed by atoms with Crippen LogP contribution >= 0.6 is 24.0 Å². The molecule has 1 atom stereocenters. The molecule has 8 heteroatoms. The Bertz CT molecular complexity index is 697. The van der Waals surface area contributed by atoms with Gasteiger partial charge in [-0.05, 0) is 45.2 Å². The van der Waals surface area contributed by atoms with Gasteiger partial charge >= 0.3 is 0 Å². The normalized spacial score (nSPS) is 13.9. The maximum atomic E-state index is 12.7. The van der Waals surface area contributed by atoms with Crippen LogP contribution in [0.4, 0.5) is 0 Å². The van der Waals surface area contributed by atoms with Gasteiger partial charge in [-0.2, -0.15) is 0 Å².